The molecule has 2 N–H and O–H groups in total. The van der Waals surface area contributed by atoms with Gasteiger partial charge in [0.1, 0.15) is 11.5 Å². The van der Waals surface area contributed by atoms with Gasteiger partial charge in [0.15, 0.2) is 0 Å². The van der Waals surface area contributed by atoms with E-state index in [9.17, 15) is 26.4 Å². The second kappa shape index (κ2) is 17.2. The van der Waals surface area contributed by atoms with E-state index >= 15 is 0 Å². The third kappa shape index (κ3) is 10.3. The lowest BCUT2D eigenvalue weighted by Crippen LogP contribution is -2.40. The Labute approximate surface area is 303 Å². The molecule has 0 radical (unpaired) electrons. The summed E-state index contributed by atoms with van der Waals surface area (Å²) in [6.45, 7) is 2.78. The normalized spacial score (nSPS) is 12.0. The molecular weight excluding hydrogens is 703 g/mol. The van der Waals surface area contributed by atoms with E-state index in [2.05, 4.69) is 15.8 Å². The number of hydrogen-bond donors (Lipinski definition) is 2. The van der Waals surface area contributed by atoms with E-state index in [1.807, 2.05) is 67.6 Å². The molecule has 0 aliphatic rings. The first-order chi connectivity index (χ1) is 24.9. The molecule has 0 fully saturated rings. The van der Waals surface area contributed by atoms with E-state index in [1.54, 1.807) is 36.4 Å². The summed E-state index contributed by atoms with van der Waals surface area (Å²) in [5.74, 6) is -0.385. The molecule has 0 unspecified atom stereocenters. The summed E-state index contributed by atoms with van der Waals surface area (Å²) in [4.78, 5) is 24.5. The Kier molecular flexibility index (Phi) is 12.5. The van der Waals surface area contributed by atoms with Gasteiger partial charge in [-0.25, -0.2) is 22.3 Å². The molecule has 1 heterocycles. The SMILES string of the molecule is CC(=O)Nc1ccc(S(=O)(=O)N(CCc2ccccc2)CC(=O)N/N=C\c2ccc(CN(Cc3ccccc3)S(=O)(=O)c3ccc(C)cc3)o2)cc1. The highest BCUT2D eigenvalue weighted by atomic mass is 32.2. The Hall–Kier alpha value is -5.41. The summed E-state index contributed by atoms with van der Waals surface area (Å²) in [6, 6.07) is 34.1. The number of anilines is 1. The number of aryl methyl sites for hydroxylation is 1. The highest BCUT2D eigenvalue weighted by molar-refractivity contribution is 7.89. The lowest BCUT2D eigenvalue weighted by Gasteiger charge is -2.21. The fourth-order valence-corrected chi connectivity index (χ4v) is 7.99. The number of hydrogen-bond acceptors (Lipinski definition) is 8. The summed E-state index contributed by atoms with van der Waals surface area (Å²) < 4.78 is 62.9. The summed E-state index contributed by atoms with van der Waals surface area (Å²) >= 11 is 0. The Balaban J connectivity index is 1.27. The van der Waals surface area contributed by atoms with Gasteiger partial charge < -0.3 is 9.73 Å². The number of nitrogens with zero attached hydrogens (tertiary/aromatic N) is 3. The molecule has 0 aliphatic heterocycles. The molecule has 5 aromatic rings. The summed E-state index contributed by atoms with van der Waals surface area (Å²) in [5, 5.41) is 6.56. The number of furan rings is 1. The van der Waals surface area contributed by atoms with E-state index in [4.69, 9.17) is 4.42 Å². The van der Waals surface area contributed by atoms with Crippen LogP contribution in [-0.4, -0.2) is 56.6 Å². The number of rotatable bonds is 16. The largest absolute Gasteiger partial charge is 0.459 e. The number of nitrogens with one attached hydrogen (secondary N) is 2. The lowest BCUT2D eigenvalue weighted by atomic mass is 10.1. The zero-order chi connectivity index (χ0) is 37.1. The smallest absolute Gasteiger partial charge is 0.255 e. The number of carbonyl (C=O) groups is 2. The van der Waals surface area contributed by atoms with Crippen molar-refractivity contribution in [1.82, 2.24) is 14.0 Å². The fourth-order valence-electron chi connectivity index (χ4n) is 5.20. The van der Waals surface area contributed by atoms with Crippen LogP contribution in [0.4, 0.5) is 5.69 Å². The molecule has 270 valence electrons. The number of benzene rings is 4. The molecule has 0 saturated heterocycles. The molecule has 5 rings (SSSR count). The minimum Gasteiger partial charge on any atom is -0.459 e. The second-order valence-corrected chi connectivity index (χ2v) is 15.8. The Morgan fingerprint density at radius 3 is 1.90 bits per heavy atom. The van der Waals surface area contributed by atoms with Gasteiger partial charge in [-0.3, -0.25) is 9.59 Å². The molecule has 14 heteroatoms. The van der Waals surface area contributed by atoms with Crippen LogP contribution in [0.1, 0.15) is 35.1 Å². The van der Waals surface area contributed by atoms with Crippen molar-refractivity contribution in [2.45, 2.75) is 43.1 Å². The van der Waals surface area contributed by atoms with Crippen molar-refractivity contribution in [1.29, 1.82) is 0 Å². The van der Waals surface area contributed by atoms with Crippen molar-refractivity contribution in [2.24, 2.45) is 5.10 Å². The molecule has 0 aliphatic carbocycles. The van der Waals surface area contributed by atoms with Crippen LogP contribution in [0.25, 0.3) is 0 Å². The molecule has 0 bridgehead atoms. The molecule has 0 saturated carbocycles. The van der Waals surface area contributed by atoms with E-state index in [0.29, 0.717) is 17.9 Å². The summed E-state index contributed by atoms with van der Waals surface area (Å²) in [5.41, 5.74) is 5.43. The van der Waals surface area contributed by atoms with Gasteiger partial charge in [-0.15, -0.1) is 0 Å². The van der Waals surface area contributed by atoms with Gasteiger partial charge in [0.25, 0.3) is 5.91 Å². The minimum absolute atomic E-state index is 0.0173. The predicted octanol–water partition coefficient (Wildman–Crippen LogP) is 5.32. The van der Waals surface area contributed by atoms with Crippen LogP contribution in [-0.2, 0) is 49.1 Å². The Morgan fingerprint density at radius 1 is 0.712 bits per heavy atom. The van der Waals surface area contributed by atoms with Gasteiger partial charge in [0, 0.05) is 25.7 Å². The van der Waals surface area contributed by atoms with Crippen LogP contribution >= 0.6 is 0 Å². The second-order valence-electron chi connectivity index (χ2n) is 11.9. The van der Waals surface area contributed by atoms with Crippen molar-refractivity contribution in [3.05, 3.63) is 150 Å². The maximum atomic E-state index is 13.7. The minimum atomic E-state index is -4.12. The average molecular weight is 742 g/mol. The lowest BCUT2D eigenvalue weighted by molar-refractivity contribution is -0.121. The van der Waals surface area contributed by atoms with Crippen molar-refractivity contribution in [3.8, 4) is 0 Å². The molecule has 4 aromatic carbocycles. The van der Waals surface area contributed by atoms with Crippen LogP contribution in [0.2, 0.25) is 0 Å². The van der Waals surface area contributed by atoms with Gasteiger partial charge in [-0.1, -0.05) is 78.4 Å². The van der Waals surface area contributed by atoms with Crippen LogP contribution in [0.5, 0.6) is 0 Å². The van der Waals surface area contributed by atoms with Crippen molar-refractivity contribution in [2.75, 3.05) is 18.4 Å². The zero-order valence-electron chi connectivity index (χ0n) is 28.7. The zero-order valence-corrected chi connectivity index (χ0v) is 30.3. The summed E-state index contributed by atoms with van der Waals surface area (Å²) in [7, 11) is -8.01. The third-order valence-electron chi connectivity index (χ3n) is 7.88. The molecule has 0 spiro atoms. The average Bonchev–Trinajstić information content (AvgIpc) is 3.57. The number of hydrazone groups is 1. The monoisotopic (exact) mass is 741 g/mol. The maximum Gasteiger partial charge on any atom is 0.255 e. The highest BCUT2D eigenvalue weighted by Crippen LogP contribution is 2.23. The molecule has 52 heavy (non-hydrogen) atoms. The first kappa shape index (κ1) is 37.8. The molecule has 0 atom stereocenters. The van der Waals surface area contributed by atoms with Gasteiger partial charge in [0.2, 0.25) is 26.0 Å². The van der Waals surface area contributed by atoms with Gasteiger partial charge >= 0.3 is 0 Å². The standard InChI is InChI=1S/C38H39N5O7S2/c1-29-13-19-36(20-14-29)52(48,49)43(26-32-11-7-4-8-12-32)27-35-18-17-34(50-35)25-39-41-38(45)28-42(24-23-31-9-5-3-6-10-31)51(46,47)37-21-15-33(16-22-37)40-30(2)44/h3-22,25H,23-24,26-28H2,1-2H3,(H,40,44)(H,41,45)/b39-25-. The first-order valence-electron chi connectivity index (χ1n) is 16.3. The van der Waals surface area contributed by atoms with Gasteiger partial charge in [-0.2, -0.15) is 13.7 Å². The van der Waals surface area contributed by atoms with Crippen LogP contribution in [0.3, 0.4) is 0 Å². The third-order valence-corrected chi connectivity index (χ3v) is 11.5. The number of amides is 2. The Bertz CT molecular complexity index is 2210. The van der Waals surface area contributed by atoms with E-state index < -0.39 is 32.5 Å². The van der Waals surface area contributed by atoms with Crippen LogP contribution < -0.4 is 10.7 Å². The topological polar surface area (TPSA) is 158 Å². The fraction of sp³-hybridized carbons (Fsp3) is 0.184. The number of carbonyl (C=O) groups excluding carboxylic acids is 2. The maximum absolute atomic E-state index is 13.7. The van der Waals surface area contributed by atoms with Crippen molar-refractivity contribution >= 4 is 43.8 Å². The number of sulfonamides is 2. The van der Waals surface area contributed by atoms with Crippen molar-refractivity contribution in [3.63, 3.8) is 0 Å². The molecule has 2 amide bonds. The van der Waals surface area contributed by atoms with Crippen LogP contribution in [0.15, 0.2) is 141 Å². The van der Waals surface area contributed by atoms with E-state index in [-0.39, 0.29) is 41.1 Å². The molecular formula is C38H39N5O7S2. The predicted molar refractivity (Wildman–Crippen MR) is 198 cm³/mol. The van der Waals surface area contributed by atoms with E-state index in [1.165, 1.54) is 41.7 Å². The van der Waals surface area contributed by atoms with E-state index in [0.717, 1.165) is 21.0 Å². The molecule has 1 aromatic heterocycles. The Morgan fingerprint density at radius 2 is 1.29 bits per heavy atom. The summed E-state index contributed by atoms with van der Waals surface area (Å²) in [6.07, 6.45) is 1.61. The van der Waals surface area contributed by atoms with Crippen molar-refractivity contribution < 1.29 is 30.8 Å². The van der Waals surface area contributed by atoms with Crippen LogP contribution in [0, 0.1) is 6.92 Å². The molecule has 12 nitrogen and oxygen atoms in total. The van der Waals surface area contributed by atoms with Gasteiger partial charge in [0.05, 0.1) is 29.1 Å². The van der Waals surface area contributed by atoms with Gasteiger partial charge in [-0.05, 0) is 73.0 Å². The first-order valence-corrected chi connectivity index (χ1v) is 19.2. The quantitative estimate of drug-likeness (QED) is 0.102. The highest BCUT2D eigenvalue weighted by Gasteiger charge is 2.28.